The highest BCUT2D eigenvalue weighted by Gasteiger charge is 2.19. The van der Waals surface area contributed by atoms with Crippen LogP contribution in [-0.2, 0) is 11.3 Å². The Morgan fingerprint density at radius 2 is 2.08 bits per heavy atom. The lowest BCUT2D eigenvalue weighted by Crippen LogP contribution is -2.32. The number of furan rings is 1. The third-order valence-electron chi connectivity index (χ3n) is 3.78. The standard InChI is InChI=1S/C19H20N4O2S/c1-3-12-23(15-9-6-5-7-10-15)17(24)14-26-19-21-20-18(22(19)4-2)16-11-8-13-25-16/h3,5-11,13H,1,4,12,14H2,2H3. The van der Waals surface area contributed by atoms with Crippen molar-refractivity contribution in [3.05, 3.63) is 61.4 Å². The van der Waals surface area contributed by atoms with Gasteiger partial charge in [-0.05, 0) is 31.2 Å². The zero-order valence-corrected chi connectivity index (χ0v) is 15.4. The molecule has 0 aliphatic carbocycles. The van der Waals surface area contributed by atoms with E-state index in [4.69, 9.17) is 4.42 Å². The summed E-state index contributed by atoms with van der Waals surface area (Å²) in [6.45, 7) is 6.91. The Bertz CT molecular complexity index is 859. The van der Waals surface area contributed by atoms with E-state index in [1.54, 1.807) is 17.2 Å². The average Bonchev–Trinajstić information content (AvgIpc) is 3.33. The van der Waals surface area contributed by atoms with Gasteiger partial charge in [0.2, 0.25) is 5.91 Å². The number of nitrogens with zero attached hydrogens (tertiary/aromatic N) is 4. The molecule has 0 aliphatic rings. The summed E-state index contributed by atoms with van der Waals surface area (Å²) in [5.74, 6) is 1.58. The van der Waals surface area contributed by atoms with Gasteiger partial charge in [-0.2, -0.15) is 0 Å². The molecule has 0 radical (unpaired) electrons. The van der Waals surface area contributed by atoms with Gasteiger partial charge in [0.05, 0.1) is 12.0 Å². The van der Waals surface area contributed by atoms with Crippen LogP contribution in [0.15, 0.2) is 71.0 Å². The maximum Gasteiger partial charge on any atom is 0.237 e. The van der Waals surface area contributed by atoms with E-state index in [9.17, 15) is 4.79 Å². The summed E-state index contributed by atoms with van der Waals surface area (Å²) >= 11 is 1.37. The minimum Gasteiger partial charge on any atom is -0.461 e. The summed E-state index contributed by atoms with van der Waals surface area (Å²) in [4.78, 5) is 14.4. The van der Waals surface area contributed by atoms with Crippen LogP contribution in [-0.4, -0.2) is 33.0 Å². The zero-order valence-electron chi connectivity index (χ0n) is 14.5. The van der Waals surface area contributed by atoms with Crippen LogP contribution < -0.4 is 4.90 Å². The molecule has 1 aromatic carbocycles. The molecule has 2 heterocycles. The lowest BCUT2D eigenvalue weighted by Gasteiger charge is -2.21. The number of hydrogen-bond donors (Lipinski definition) is 0. The van der Waals surface area contributed by atoms with Crippen LogP contribution in [0.5, 0.6) is 0 Å². The van der Waals surface area contributed by atoms with Crippen molar-refractivity contribution in [3.8, 4) is 11.6 Å². The van der Waals surface area contributed by atoms with Crippen molar-refractivity contribution in [2.24, 2.45) is 0 Å². The Balaban J connectivity index is 1.73. The van der Waals surface area contributed by atoms with Crippen molar-refractivity contribution in [3.63, 3.8) is 0 Å². The van der Waals surface area contributed by atoms with Crippen LogP contribution in [0.4, 0.5) is 5.69 Å². The number of carbonyl (C=O) groups excluding carboxylic acids is 1. The number of amides is 1. The summed E-state index contributed by atoms with van der Waals surface area (Å²) < 4.78 is 7.35. The van der Waals surface area contributed by atoms with Gasteiger partial charge in [0.1, 0.15) is 0 Å². The largest absolute Gasteiger partial charge is 0.461 e. The van der Waals surface area contributed by atoms with E-state index < -0.39 is 0 Å². The monoisotopic (exact) mass is 368 g/mol. The van der Waals surface area contributed by atoms with Gasteiger partial charge in [-0.15, -0.1) is 16.8 Å². The van der Waals surface area contributed by atoms with E-state index in [1.165, 1.54) is 11.8 Å². The molecule has 0 N–H and O–H groups in total. The topological polar surface area (TPSA) is 64.2 Å². The summed E-state index contributed by atoms with van der Waals surface area (Å²) in [6, 6.07) is 13.2. The van der Waals surface area contributed by atoms with Crippen LogP contribution in [0, 0.1) is 0 Å². The second-order valence-electron chi connectivity index (χ2n) is 5.44. The van der Waals surface area contributed by atoms with Gasteiger partial charge in [0, 0.05) is 18.8 Å². The van der Waals surface area contributed by atoms with E-state index in [2.05, 4.69) is 16.8 Å². The number of carbonyl (C=O) groups is 1. The summed E-state index contributed by atoms with van der Waals surface area (Å²) in [6.07, 6.45) is 3.33. The van der Waals surface area contributed by atoms with Crippen molar-refractivity contribution < 1.29 is 9.21 Å². The molecule has 1 amide bonds. The molecular formula is C19H20N4O2S. The van der Waals surface area contributed by atoms with Crippen LogP contribution in [0.1, 0.15) is 6.92 Å². The van der Waals surface area contributed by atoms with Gasteiger partial charge in [0.25, 0.3) is 0 Å². The zero-order chi connectivity index (χ0) is 18.4. The molecule has 0 atom stereocenters. The molecular weight excluding hydrogens is 348 g/mol. The molecule has 26 heavy (non-hydrogen) atoms. The van der Waals surface area contributed by atoms with E-state index in [1.807, 2.05) is 54.0 Å². The fraction of sp³-hybridized carbons (Fsp3) is 0.211. The lowest BCUT2D eigenvalue weighted by molar-refractivity contribution is -0.116. The number of anilines is 1. The highest BCUT2D eigenvalue weighted by Crippen LogP contribution is 2.25. The first-order valence-electron chi connectivity index (χ1n) is 8.30. The average molecular weight is 368 g/mol. The molecule has 2 aromatic heterocycles. The van der Waals surface area contributed by atoms with Crippen LogP contribution in [0.25, 0.3) is 11.6 Å². The molecule has 7 heteroatoms. The quantitative estimate of drug-likeness (QED) is 0.446. The Hall–Kier alpha value is -2.80. The molecule has 0 aliphatic heterocycles. The molecule has 0 fully saturated rings. The minimum absolute atomic E-state index is 0.00805. The summed E-state index contributed by atoms with van der Waals surface area (Å²) in [5, 5.41) is 9.12. The lowest BCUT2D eigenvalue weighted by atomic mass is 10.3. The molecule has 3 rings (SSSR count). The number of thioether (sulfide) groups is 1. The Labute approximate surface area is 156 Å². The van der Waals surface area contributed by atoms with Crippen molar-refractivity contribution in [2.75, 3.05) is 17.2 Å². The number of benzene rings is 1. The first-order chi connectivity index (χ1) is 12.7. The van der Waals surface area contributed by atoms with Crippen molar-refractivity contribution in [2.45, 2.75) is 18.6 Å². The summed E-state index contributed by atoms with van der Waals surface area (Å²) in [5.41, 5.74) is 0.853. The first kappa shape index (κ1) is 18.0. The van der Waals surface area contributed by atoms with Crippen LogP contribution in [0.2, 0.25) is 0 Å². The van der Waals surface area contributed by atoms with Crippen molar-refractivity contribution in [1.29, 1.82) is 0 Å². The highest BCUT2D eigenvalue weighted by atomic mass is 32.2. The molecule has 6 nitrogen and oxygen atoms in total. The Morgan fingerprint density at radius 1 is 1.27 bits per heavy atom. The van der Waals surface area contributed by atoms with E-state index in [0.717, 1.165) is 5.69 Å². The fourth-order valence-electron chi connectivity index (χ4n) is 2.56. The van der Waals surface area contributed by atoms with Gasteiger partial charge >= 0.3 is 0 Å². The molecule has 3 aromatic rings. The molecule has 0 bridgehead atoms. The third-order valence-corrected chi connectivity index (χ3v) is 4.73. The van der Waals surface area contributed by atoms with Crippen LogP contribution in [0.3, 0.4) is 0 Å². The molecule has 0 spiro atoms. The number of aromatic nitrogens is 3. The van der Waals surface area contributed by atoms with Gasteiger partial charge in [-0.1, -0.05) is 36.0 Å². The van der Waals surface area contributed by atoms with Gasteiger partial charge in [-0.25, -0.2) is 0 Å². The predicted octanol–water partition coefficient (Wildman–Crippen LogP) is 3.87. The first-order valence-corrected chi connectivity index (χ1v) is 9.29. The number of rotatable bonds is 8. The van der Waals surface area contributed by atoms with Gasteiger partial charge in [-0.3, -0.25) is 9.36 Å². The van der Waals surface area contributed by atoms with Crippen molar-refractivity contribution in [1.82, 2.24) is 14.8 Å². The van der Waals surface area contributed by atoms with E-state index in [0.29, 0.717) is 29.8 Å². The SMILES string of the molecule is C=CCN(C(=O)CSc1nnc(-c2ccco2)n1CC)c1ccccc1. The minimum atomic E-state index is -0.00805. The summed E-state index contributed by atoms with van der Waals surface area (Å²) in [7, 11) is 0. The second kappa shape index (κ2) is 8.53. The number of hydrogen-bond acceptors (Lipinski definition) is 5. The Kier molecular flexibility index (Phi) is 5.91. The van der Waals surface area contributed by atoms with E-state index >= 15 is 0 Å². The molecule has 0 unspecified atom stereocenters. The number of para-hydroxylation sites is 1. The molecule has 0 saturated carbocycles. The Morgan fingerprint density at radius 3 is 2.73 bits per heavy atom. The van der Waals surface area contributed by atoms with Crippen LogP contribution >= 0.6 is 11.8 Å². The van der Waals surface area contributed by atoms with Gasteiger partial charge in [0.15, 0.2) is 16.7 Å². The molecule has 134 valence electrons. The maximum atomic E-state index is 12.7. The molecule has 0 saturated heterocycles. The normalized spacial score (nSPS) is 10.7. The van der Waals surface area contributed by atoms with E-state index in [-0.39, 0.29) is 11.7 Å². The van der Waals surface area contributed by atoms with Gasteiger partial charge < -0.3 is 9.32 Å². The third kappa shape index (κ3) is 3.88. The maximum absolute atomic E-state index is 12.7. The fourth-order valence-corrected chi connectivity index (χ4v) is 3.44. The predicted molar refractivity (Wildman–Crippen MR) is 103 cm³/mol. The van der Waals surface area contributed by atoms with Crippen molar-refractivity contribution >= 4 is 23.4 Å². The smallest absolute Gasteiger partial charge is 0.237 e. The highest BCUT2D eigenvalue weighted by molar-refractivity contribution is 7.99. The second-order valence-corrected chi connectivity index (χ2v) is 6.39.